The molecule has 0 unspecified atom stereocenters. The zero-order chi connectivity index (χ0) is 15.8. The molecule has 0 heterocycles. The lowest BCUT2D eigenvalue weighted by molar-refractivity contribution is -0.385. The number of benzene rings is 1. The van der Waals surface area contributed by atoms with E-state index in [0.717, 1.165) is 18.9 Å². The molecule has 7 heteroatoms. The maximum atomic E-state index is 11.7. The van der Waals surface area contributed by atoms with E-state index in [2.05, 4.69) is 5.32 Å². The van der Waals surface area contributed by atoms with Gasteiger partial charge in [0.25, 0.3) is 11.6 Å². The van der Waals surface area contributed by atoms with Crippen LogP contribution in [0.5, 0.6) is 0 Å². The molecule has 0 aliphatic carbocycles. The summed E-state index contributed by atoms with van der Waals surface area (Å²) in [7, 11) is 0. The number of hydrogen-bond acceptors (Lipinski definition) is 5. The van der Waals surface area contributed by atoms with Gasteiger partial charge >= 0.3 is 5.97 Å². The number of nitro groups is 1. The lowest BCUT2D eigenvalue weighted by atomic mass is 10.1. The van der Waals surface area contributed by atoms with Crippen molar-refractivity contribution < 1.29 is 19.2 Å². The molecule has 1 rings (SSSR count). The summed E-state index contributed by atoms with van der Waals surface area (Å²) in [6, 6.07) is 4.04. The number of rotatable bonds is 7. The average Bonchev–Trinajstić information content (AvgIpc) is 2.45. The standard InChI is InChI=1S/C14H18N2O5/c1-3-4-7-15-13(17)9-21-14(18)11-6-5-10(2)12(8-11)16(19)20/h5-6,8H,3-4,7,9H2,1-2H3,(H,15,17). The fourth-order valence-corrected chi connectivity index (χ4v) is 1.60. The summed E-state index contributed by atoms with van der Waals surface area (Å²) in [6.07, 6.45) is 1.80. The third-order valence-corrected chi connectivity index (χ3v) is 2.83. The summed E-state index contributed by atoms with van der Waals surface area (Å²) in [5, 5.41) is 13.4. The average molecular weight is 294 g/mol. The minimum absolute atomic E-state index is 0.0497. The molecule has 114 valence electrons. The summed E-state index contributed by atoms with van der Waals surface area (Å²) in [6.45, 7) is 3.71. The van der Waals surface area contributed by atoms with Gasteiger partial charge in [0.05, 0.1) is 10.5 Å². The molecule has 0 saturated heterocycles. The highest BCUT2D eigenvalue weighted by molar-refractivity contribution is 5.92. The predicted molar refractivity (Wildman–Crippen MR) is 76.0 cm³/mol. The van der Waals surface area contributed by atoms with Crippen LogP contribution in [0.1, 0.15) is 35.7 Å². The van der Waals surface area contributed by atoms with E-state index in [1.54, 1.807) is 6.92 Å². The Bertz CT molecular complexity index is 542. The van der Waals surface area contributed by atoms with Crippen molar-refractivity contribution >= 4 is 17.6 Å². The molecule has 7 nitrogen and oxygen atoms in total. The van der Waals surface area contributed by atoms with E-state index in [0.29, 0.717) is 12.1 Å². The molecular formula is C14H18N2O5. The molecule has 0 bridgehead atoms. The Morgan fingerprint density at radius 2 is 2.10 bits per heavy atom. The summed E-state index contributed by atoms with van der Waals surface area (Å²) in [5.74, 6) is -1.15. The van der Waals surface area contributed by atoms with Crippen LogP contribution in [0.3, 0.4) is 0 Å². The zero-order valence-electron chi connectivity index (χ0n) is 12.0. The van der Waals surface area contributed by atoms with Crippen molar-refractivity contribution in [2.45, 2.75) is 26.7 Å². The number of ether oxygens (including phenoxy) is 1. The van der Waals surface area contributed by atoms with Crippen LogP contribution in [0.2, 0.25) is 0 Å². The van der Waals surface area contributed by atoms with Crippen LogP contribution in [-0.2, 0) is 9.53 Å². The third-order valence-electron chi connectivity index (χ3n) is 2.83. The van der Waals surface area contributed by atoms with Gasteiger partial charge in [-0.15, -0.1) is 0 Å². The molecule has 0 aliphatic heterocycles. The molecule has 0 radical (unpaired) electrons. The number of nitrogens with one attached hydrogen (secondary N) is 1. The van der Waals surface area contributed by atoms with Crippen molar-refractivity contribution in [3.63, 3.8) is 0 Å². The maximum Gasteiger partial charge on any atom is 0.338 e. The normalized spacial score (nSPS) is 10.0. The first kappa shape index (κ1) is 16.6. The molecule has 21 heavy (non-hydrogen) atoms. The lowest BCUT2D eigenvalue weighted by Crippen LogP contribution is -2.29. The van der Waals surface area contributed by atoms with E-state index in [-0.39, 0.29) is 11.3 Å². The first-order chi connectivity index (χ1) is 9.95. The molecule has 0 atom stereocenters. The third kappa shape index (κ3) is 5.21. The van der Waals surface area contributed by atoms with Crippen LogP contribution in [0.4, 0.5) is 5.69 Å². The van der Waals surface area contributed by atoms with Gasteiger partial charge in [0, 0.05) is 18.2 Å². The Labute approximate surface area is 122 Å². The second-order valence-corrected chi connectivity index (χ2v) is 4.54. The number of unbranched alkanes of at least 4 members (excludes halogenated alkanes) is 1. The number of aryl methyl sites for hydroxylation is 1. The van der Waals surface area contributed by atoms with Gasteiger partial charge in [0.1, 0.15) is 0 Å². The molecule has 1 aromatic carbocycles. The molecule has 0 fully saturated rings. The number of hydrogen-bond donors (Lipinski definition) is 1. The number of nitro benzene ring substituents is 1. The van der Waals surface area contributed by atoms with Gasteiger partial charge in [-0.3, -0.25) is 14.9 Å². The highest BCUT2D eigenvalue weighted by Crippen LogP contribution is 2.19. The van der Waals surface area contributed by atoms with Gasteiger partial charge in [-0.05, 0) is 19.4 Å². The van der Waals surface area contributed by atoms with Crippen LogP contribution in [0.15, 0.2) is 18.2 Å². The van der Waals surface area contributed by atoms with Crippen molar-refractivity contribution in [2.75, 3.05) is 13.2 Å². The van der Waals surface area contributed by atoms with Crippen LogP contribution in [0.25, 0.3) is 0 Å². The summed E-state index contributed by atoms with van der Waals surface area (Å²) in [4.78, 5) is 33.4. The summed E-state index contributed by atoms with van der Waals surface area (Å²) < 4.78 is 4.82. The molecule has 0 saturated carbocycles. The smallest absolute Gasteiger partial charge is 0.338 e. The second-order valence-electron chi connectivity index (χ2n) is 4.54. The molecule has 1 aromatic rings. The Morgan fingerprint density at radius 1 is 1.38 bits per heavy atom. The van der Waals surface area contributed by atoms with Gasteiger partial charge in [-0.25, -0.2) is 4.79 Å². The SMILES string of the molecule is CCCCNC(=O)COC(=O)c1ccc(C)c([N+](=O)[O-])c1. The van der Waals surface area contributed by atoms with Crippen LogP contribution in [0, 0.1) is 17.0 Å². The Morgan fingerprint density at radius 3 is 2.71 bits per heavy atom. The number of carbonyl (C=O) groups is 2. The van der Waals surface area contributed by atoms with Gasteiger partial charge < -0.3 is 10.1 Å². The minimum atomic E-state index is -0.760. The Kier molecular flexibility index (Phi) is 6.32. The van der Waals surface area contributed by atoms with Crippen molar-refractivity contribution in [2.24, 2.45) is 0 Å². The molecule has 0 spiro atoms. The van der Waals surface area contributed by atoms with Gasteiger partial charge in [0.15, 0.2) is 6.61 Å². The van der Waals surface area contributed by atoms with E-state index in [4.69, 9.17) is 4.74 Å². The van der Waals surface area contributed by atoms with Gasteiger partial charge in [0.2, 0.25) is 0 Å². The Balaban J connectivity index is 2.58. The van der Waals surface area contributed by atoms with E-state index in [1.165, 1.54) is 12.1 Å². The molecule has 1 amide bonds. The lowest BCUT2D eigenvalue weighted by Gasteiger charge is -2.06. The van der Waals surface area contributed by atoms with Gasteiger partial charge in [-0.1, -0.05) is 19.4 Å². The first-order valence-electron chi connectivity index (χ1n) is 6.64. The van der Waals surface area contributed by atoms with E-state index >= 15 is 0 Å². The molecular weight excluding hydrogens is 276 g/mol. The van der Waals surface area contributed by atoms with Crippen LogP contribution < -0.4 is 5.32 Å². The monoisotopic (exact) mass is 294 g/mol. The van der Waals surface area contributed by atoms with Crippen molar-refractivity contribution in [1.29, 1.82) is 0 Å². The number of nitrogens with zero attached hydrogens (tertiary/aromatic N) is 1. The van der Waals surface area contributed by atoms with E-state index in [1.807, 2.05) is 6.92 Å². The van der Waals surface area contributed by atoms with Crippen LogP contribution in [-0.4, -0.2) is 30.0 Å². The number of esters is 1. The number of carbonyl (C=O) groups excluding carboxylic acids is 2. The fourth-order valence-electron chi connectivity index (χ4n) is 1.60. The largest absolute Gasteiger partial charge is 0.452 e. The number of amides is 1. The predicted octanol–water partition coefficient (Wildman–Crippen LogP) is 1.98. The van der Waals surface area contributed by atoms with Crippen molar-refractivity contribution in [3.8, 4) is 0 Å². The Hall–Kier alpha value is -2.44. The van der Waals surface area contributed by atoms with E-state index < -0.39 is 23.4 Å². The van der Waals surface area contributed by atoms with Crippen molar-refractivity contribution in [3.05, 3.63) is 39.4 Å². The second kappa shape index (κ2) is 7.98. The molecule has 0 aliphatic rings. The quantitative estimate of drug-likeness (QED) is 0.359. The minimum Gasteiger partial charge on any atom is -0.452 e. The fraction of sp³-hybridized carbons (Fsp3) is 0.429. The zero-order valence-corrected chi connectivity index (χ0v) is 12.0. The van der Waals surface area contributed by atoms with E-state index in [9.17, 15) is 19.7 Å². The molecule has 1 N–H and O–H groups in total. The highest BCUT2D eigenvalue weighted by atomic mass is 16.6. The first-order valence-corrected chi connectivity index (χ1v) is 6.64. The van der Waals surface area contributed by atoms with Crippen molar-refractivity contribution in [1.82, 2.24) is 5.32 Å². The van der Waals surface area contributed by atoms with Gasteiger partial charge in [-0.2, -0.15) is 0 Å². The molecule has 0 aromatic heterocycles. The maximum absolute atomic E-state index is 11.7. The van der Waals surface area contributed by atoms with Crippen LogP contribution >= 0.6 is 0 Å². The highest BCUT2D eigenvalue weighted by Gasteiger charge is 2.16. The summed E-state index contributed by atoms with van der Waals surface area (Å²) >= 11 is 0. The topological polar surface area (TPSA) is 98.5 Å². The summed E-state index contributed by atoms with van der Waals surface area (Å²) in [5.41, 5.74) is 0.347.